The fraction of sp³-hybridized carbons (Fsp3) is 0.250. The van der Waals surface area contributed by atoms with Crippen LogP contribution in [0.25, 0.3) is 11.0 Å². The molecule has 0 aliphatic rings. The van der Waals surface area contributed by atoms with Crippen LogP contribution in [0.2, 0.25) is 0 Å². The maximum Gasteiger partial charge on any atom is 0.270 e. The summed E-state index contributed by atoms with van der Waals surface area (Å²) in [6.07, 6.45) is 3.50. The minimum absolute atomic E-state index is 0.0670. The molecule has 0 saturated carbocycles. The number of hydrogen-bond acceptors (Lipinski definition) is 5. The summed E-state index contributed by atoms with van der Waals surface area (Å²) in [7, 11) is 0. The maximum absolute atomic E-state index is 13.1. The van der Waals surface area contributed by atoms with E-state index in [4.69, 9.17) is 4.42 Å². The fourth-order valence-electron chi connectivity index (χ4n) is 2.97. The molecule has 0 fully saturated rings. The number of aromatic hydroxyl groups is 1. The van der Waals surface area contributed by atoms with E-state index in [0.29, 0.717) is 34.3 Å². The number of fused-ring (bicyclic) bond motifs is 1. The monoisotopic (exact) mass is 353 g/mol. The predicted octanol–water partition coefficient (Wildman–Crippen LogP) is 5.01. The summed E-state index contributed by atoms with van der Waals surface area (Å²) in [5.41, 5.74) is 1.14. The SMILES string of the molecule is CCCCCc1oc2ccc([N+](=O)[O-])cc2c1C(=O)c1ccc(O)cc1. The number of phenolic OH excluding ortho intramolecular Hbond substituents is 1. The first-order valence-electron chi connectivity index (χ1n) is 8.54. The van der Waals surface area contributed by atoms with Crippen molar-refractivity contribution in [2.75, 3.05) is 0 Å². The van der Waals surface area contributed by atoms with Crippen molar-refractivity contribution in [3.05, 3.63) is 69.5 Å². The number of furan rings is 1. The van der Waals surface area contributed by atoms with Gasteiger partial charge in [-0.05, 0) is 36.8 Å². The normalized spacial score (nSPS) is 11.0. The number of benzene rings is 2. The zero-order valence-electron chi connectivity index (χ0n) is 14.4. The van der Waals surface area contributed by atoms with Crippen LogP contribution in [0.15, 0.2) is 46.9 Å². The molecule has 0 radical (unpaired) electrons. The number of hydrogen-bond donors (Lipinski definition) is 1. The smallest absolute Gasteiger partial charge is 0.270 e. The molecule has 0 spiro atoms. The number of phenols is 1. The molecular weight excluding hydrogens is 334 g/mol. The van der Waals surface area contributed by atoms with Crippen LogP contribution in [0, 0.1) is 10.1 Å². The number of aryl methyl sites for hydroxylation is 1. The van der Waals surface area contributed by atoms with Crippen LogP contribution in [0.4, 0.5) is 5.69 Å². The summed E-state index contributed by atoms with van der Waals surface area (Å²) in [6.45, 7) is 2.09. The van der Waals surface area contributed by atoms with Crippen LogP contribution in [-0.2, 0) is 6.42 Å². The fourth-order valence-corrected chi connectivity index (χ4v) is 2.97. The molecule has 0 bridgehead atoms. The van der Waals surface area contributed by atoms with Crippen LogP contribution in [0.3, 0.4) is 0 Å². The van der Waals surface area contributed by atoms with E-state index in [1.54, 1.807) is 0 Å². The van der Waals surface area contributed by atoms with Gasteiger partial charge in [-0.2, -0.15) is 0 Å². The van der Waals surface area contributed by atoms with Gasteiger partial charge < -0.3 is 9.52 Å². The van der Waals surface area contributed by atoms with Gasteiger partial charge in [0.1, 0.15) is 17.1 Å². The summed E-state index contributed by atoms with van der Waals surface area (Å²) < 4.78 is 5.85. The maximum atomic E-state index is 13.1. The Hall–Kier alpha value is -3.15. The van der Waals surface area contributed by atoms with Crippen molar-refractivity contribution in [2.45, 2.75) is 32.6 Å². The highest BCUT2D eigenvalue weighted by Gasteiger charge is 2.23. The van der Waals surface area contributed by atoms with Gasteiger partial charge in [0, 0.05) is 29.5 Å². The Balaban J connectivity index is 2.12. The lowest BCUT2D eigenvalue weighted by Crippen LogP contribution is -2.04. The molecule has 6 nitrogen and oxygen atoms in total. The standard InChI is InChI=1S/C20H19NO5/c1-2-3-4-5-18-19(20(23)13-6-9-15(22)10-7-13)16-12-14(21(24)25)8-11-17(16)26-18/h6-12,22H,2-5H2,1H3. The van der Waals surface area contributed by atoms with Gasteiger partial charge in [-0.15, -0.1) is 0 Å². The minimum Gasteiger partial charge on any atom is -0.508 e. The molecule has 2 aromatic carbocycles. The van der Waals surface area contributed by atoms with Crippen molar-refractivity contribution in [3.63, 3.8) is 0 Å². The Labute approximate surface area is 150 Å². The molecule has 0 amide bonds. The van der Waals surface area contributed by atoms with Gasteiger partial charge in [0.15, 0.2) is 5.78 Å². The largest absolute Gasteiger partial charge is 0.508 e. The molecule has 0 aliphatic carbocycles. The van der Waals surface area contributed by atoms with Crippen molar-refractivity contribution in [1.82, 2.24) is 0 Å². The van der Waals surface area contributed by atoms with Crippen molar-refractivity contribution in [3.8, 4) is 5.75 Å². The Bertz CT molecular complexity index is 956. The number of rotatable bonds is 7. The van der Waals surface area contributed by atoms with Gasteiger partial charge in [-0.25, -0.2) is 0 Å². The average molecular weight is 353 g/mol. The molecule has 0 unspecified atom stereocenters. The zero-order chi connectivity index (χ0) is 18.7. The molecule has 26 heavy (non-hydrogen) atoms. The number of ketones is 1. The van der Waals surface area contributed by atoms with Crippen molar-refractivity contribution < 1.29 is 19.2 Å². The highest BCUT2D eigenvalue weighted by Crippen LogP contribution is 2.32. The average Bonchev–Trinajstić information content (AvgIpc) is 2.99. The van der Waals surface area contributed by atoms with Gasteiger partial charge >= 0.3 is 0 Å². The molecule has 1 aromatic heterocycles. The molecule has 0 saturated heterocycles. The lowest BCUT2D eigenvalue weighted by atomic mass is 9.98. The van der Waals surface area contributed by atoms with Gasteiger partial charge in [0.2, 0.25) is 0 Å². The van der Waals surface area contributed by atoms with Crippen LogP contribution < -0.4 is 0 Å². The second-order valence-electron chi connectivity index (χ2n) is 6.17. The predicted molar refractivity (Wildman–Crippen MR) is 97.6 cm³/mol. The second-order valence-corrected chi connectivity index (χ2v) is 6.17. The zero-order valence-corrected chi connectivity index (χ0v) is 14.4. The number of nitro benzene ring substituents is 1. The molecule has 134 valence electrons. The van der Waals surface area contributed by atoms with Crippen molar-refractivity contribution in [2.24, 2.45) is 0 Å². The Morgan fingerprint density at radius 1 is 1.15 bits per heavy atom. The molecule has 6 heteroatoms. The Morgan fingerprint density at radius 3 is 2.54 bits per heavy atom. The molecule has 3 rings (SSSR count). The number of carbonyl (C=O) groups is 1. The van der Waals surface area contributed by atoms with Gasteiger partial charge in [-0.1, -0.05) is 19.8 Å². The van der Waals surface area contributed by atoms with Gasteiger partial charge in [-0.3, -0.25) is 14.9 Å². The van der Waals surface area contributed by atoms with E-state index < -0.39 is 4.92 Å². The number of nitro groups is 1. The second kappa shape index (κ2) is 7.39. The molecule has 3 aromatic rings. The number of nitrogens with zero attached hydrogens (tertiary/aromatic N) is 1. The summed E-state index contributed by atoms with van der Waals surface area (Å²) in [6, 6.07) is 10.2. The Morgan fingerprint density at radius 2 is 1.88 bits per heavy atom. The van der Waals surface area contributed by atoms with Crippen molar-refractivity contribution >= 4 is 22.4 Å². The van der Waals surface area contributed by atoms with Crippen LogP contribution in [0.5, 0.6) is 5.75 Å². The van der Waals surface area contributed by atoms with E-state index in [9.17, 15) is 20.0 Å². The first-order valence-corrected chi connectivity index (χ1v) is 8.54. The van der Waals surface area contributed by atoms with E-state index in [1.165, 1.54) is 42.5 Å². The van der Waals surface area contributed by atoms with E-state index >= 15 is 0 Å². The van der Waals surface area contributed by atoms with E-state index in [-0.39, 0.29) is 17.2 Å². The van der Waals surface area contributed by atoms with Crippen LogP contribution >= 0.6 is 0 Å². The first kappa shape index (κ1) is 17.7. The van der Waals surface area contributed by atoms with E-state index in [0.717, 1.165) is 19.3 Å². The summed E-state index contributed by atoms with van der Waals surface area (Å²) in [5, 5.41) is 21.0. The van der Waals surface area contributed by atoms with Gasteiger partial charge in [0.05, 0.1) is 10.5 Å². The molecule has 1 heterocycles. The third kappa shape index (κ3) is 3.44. The van der Waals surface area contributed by atoms with Crippen LogP contribution in [0.1, 0.15) is 47.9 Å². The van der Waals surface area contributed by atoms with Gasteiger partial charge in [0.25, 0.3) is 5.69 Å². The van der Waals surface area contributed by atoms with E-state index in [2.05, 4.69) is 6.92 Å². The summed E-state index contributed by atoms with van der Waals surface area (Å²) in [5.74, 6) is 0.347. The molecule has 1 N–H and O–H groups in total. The summed E-state index contributed by atoms with van der Waals surface area (Å²) >= 11 is 0. The number of carbonyl (C=O) groups excluding carboxylic acids is 1. The Kier molecular flexibility index (Phi) is 5.02. The molecular formula is C20H19NO5. The van der Waals surface area contributed by atoms with Crippen LogP contribution in [-0.4, -0.2) is 15.8 Å². The molecule has 0 atom stereocenters. The number of non-ortho nitro benzene ring substituents is 1. The lowest BCUT2D eigenvalue weighted by molar-refractivity contribution is -0.384. The summed E-state index contributed by atoms with van der Waals surface area (Å²) in [4.78, 5) is 23.7. The van der Waals surface area contributed by atoms with E-state index in [1.807, 2.05) is 0 Å². The third-order valence-electron chi connectivity index (χ3n) is 4.32. The highest BCUT2D eigenvalue weighted by atomic mass is 16.6. The first-order chi connectivity index (χ1) is 12.5. The highest BCUT2D eigenvalue weighted by molar-refractivity contribution is 6.17. The number of unbranched alkanes of at least 4 members (excludes halogenated alkanes) is 2. The third-order valence-corrected chi connectivity index (χ3v) is 4.32. The van der Waals surface area contributed by atoms with Crippen molar-refractivity contribution in [1.29, 1.82) is 0 Å². The lowest BCUT2D eigenvalue weighted by Gasteiger charge is -2.03. The quantitative estimate of drug-likeness (QED) is 0.279. The molecule has 0 aliphatic heterocycles. The minimum atomic E-state index is -0.488. The topological polar surface area (TPSA) is 93.6 Å².